The van der Waals surface area contributed by atoms with Crippen molar-refractivity contribution in [3.8, 4) is 11.6 Å². The van der Waals surface area contributed by atoms with E-state index in [0.717, 1.165) is 44.6 Å². The average Bonchev–Trinajstić information content (AvgIpc) is 3.08. The maximum absolute atomic E-state index is 5.21. The van der Waals surface area contributed by atoms with Crippen LogP contribution in [0.15, 0.2) is 10.7 Å². The van der Waals surface area contributed by atoms with Gasteiger partial charge in [-0.25, -0.2) is 4.68 Å². The molecule has 102 valence electrons. The van der Waals surface area contributed by atoms with E-state index in [4.69, 9.17) is 4.52 Å². The van der Waals surface area contributed by atoms with Crippen molar-refractivity contribution in [3.05, 3.63) is 12.0 Å². The van der Waals surface area contributed by atoms with Gasteiger partial charge in [0, 0.05) is 6.42 Å². The Kier molecular flexibility index (Phi) is 3.54. The lowest BCUT2D eigenvalue weighted by Gasteiger charge is -2.21. The highest BCUT2D eigenvalue weighted by atomic mass is 16.5. The van der Waals surface area contributed by atoms with Crippen LogP contribution in [0.25, 0.3) is 11.6 Å². The van der Waals surface area contributed by atoms with E-state index in [9.17, 15) is 0 Å². The van der Waals surface area contributed by atoms with E-state index in [1.165, 1.54) is 0 Å². The Bertz CT molecular complexity index is 528. The van der Waals surface area contributed by atoms with Gasteiger partial charge in [0.1, 0.15) is 0 Å². The molecule has 0 atom stereocenters. The second-order valence-electron chi connectivity index (χ2n) is 4.83. The Morgan fingerprint density at radius 3 is 3.05 bits per heavy atom. The molecule has 0 aromatic carbocycles. The summed E-state index contributed by atoms with van der Waals surface area (Å²) < 4.78 is 7.13. The number of aryl methyl sites for hydroxylation is 1. The molecule has 19 heavy (non-hydrogen) atoms. The fourth-order valence-corrected chi connectivity index (χ4v) is 2.31. The quantitative estimate of drug-likeness (QED) is 0.891. The molecule has 3 heterocycles. The summed E-state index contributed by atoms with van der Waals surface area (Å²) >= 11 is 0. The highest BCUT2D eigenvalue weighted by molar-refractivity contribution is 5.43. The molecule has 2 aromatic heterocycles. The molecule has 2 aromatic rings. The first-order valence-electron chi connectivity index (χ1n) is 6.82. The summed E-state index contributed by atoms with van der Waals surface area (Å²) in [6, 6.07) is 0.417. The minimum Gasteiger partial charge on any atom is -0.332 e. The number of nitrogens with one attached hydrogen (secondary N) is 1. The summed E-state index contributed by atoms with van der Waals surface area (Å²) in [4.78, 5) is 4.32. The third-order valence-electron chi connectivity index (χ3n) is 3.35. The fraction of sp³-hybridized carbons (Fsp3) is 0.667. The van der Waals surface area contributed by atoms with Crippen molar-refractivity contribution >= 4 is 0 Å². The maximum atomic E-state index is 5.21. The number of rotatable bonds is 4. The van der Waals surface area contributed by atoms with Gasteiger partial charge < -0.3 is 9.84 Å². The summed E-state index contributed by atoms with van der Waals surface area (Å²) in [6.07, 6.45) is 5.88. The monoisotopic (exact) mass is 262 g/mol. The Morgan fingerprint density at radius 1 is 1.42 bits per heavy atom. The van der Waals surface area contributed by atoms with Crippen molar-refractivity contribution in [1.82, 2.24) is 30.5 Å². The maximum Gasteiger partial charge on any atom is 0.280 e. The Balaban J connectivity index is 1.75. The standard InChI is InChI=1S/C12H18N6O/c1-2-3-11-14-12(19-16-11)10-8-18(17-15-10)9-4-6-13-7-5-9/h8-9,13H,2-7H2,1H3. The molecule has 0 saturated carbocycles. The van der Waals surface area contributed by atoms with Crippen LogP contribution < -0.4 is 5.32 Å². The van der Waals surface area contributed by atoms with Gasteiger partial charge in [0.05, 0.1) is 12.2 Å². The molecule has 1 aliphatic rings. The highest BCUT2D eigenvalue weighted by Gasteiger charge is 2.18. The zero-order chi connectivity index (χ0) is 13.1. The van der Waals surface area contributed by atoms with Crippen molar-refractivity contribution in [3.63, 3.8) is 0 Å². The summed E-state index contributed by atoms with van der Waals surface area (Å²) in [5, 5.41) is 15.6. The molecule has 7 heteroatoms. The minimum absolute atomic E-state index is 0.417. The van der Waals surface area contributed by atoms with Crippen LogP contribution in [-0.2, 0) is 6.42 Å². The normalized spacial score (nSPS) is 16.9. The van der Waals surface area contributed by atoms with Gasteiger partial charge in [0.2, 0.25) is 0 Å². The molecule has 0 amide bonds. The molecule has 0 radical (unpaired) electrons. The average molecular weight is 262 g/mol. The van der Waals surface area contributed by atoms with Gasteiger partial charge in [0.25, 0.3) is 5.89 Å². The molecule has 3 rings (SSSR count). The third kappa shape index (κ3) is 2.65. The van der Waals surface area contributed by atoms with Gasteiger partial charge in [-0.1, -0.05) is 17.3 Å². The van der Waals surface area contributed by atoms with Crippen LogP contribution in [0, 0.1) is 0 Å². The summed E-state index contributed by atoms with van der Waals surface area (Å²) in [5.74, 6) is 1.19. The van der Waals surface area contributed by atoms with E-state index in [1.807, 2.05) is 10.9 Å². The molecule has 1 N–H and O–H groups in total. The van der Waals surface area contributed by atoms with Gasteiger partial charge in [-0.3, -0.25) is 0 Å². The van der Waals surface area contributed by atoms with E-state index in [0.29, 0.717) is 17.6 Å². The van der Waals surface area contributed by atoms with Crippen LogP contribution in [0.5, 0.6) is 0 Å². The predicted molar refractivity (Wildman–Crippen MR) is 68.4 cm³/mol. The Morgan fingerprint density at radius 2 is 2.26 bits per heavy atom. The highest BCUT2D eigenvalue weighted by Crippen LogP contribution is 2.20. The lowest BCUT2D eigenvalue weighted by atomic mass is 10.1. The summed E-state index contributed by atoms with van der Waals surface area (Å²) in [5.41, 5.74) is 0.661. The van der Waals surface area contributed by atoms with Gasteiger partial charge >= 0.3 is 0 Å². The van der Waals surface area contributed by atoms with Crippen LogP contribution in [0.1, 0.15) is 38.1 Å². The Hall–Kier alpha value is -1.76. The molecule has 0 bridgehead atoms. The van der Waals surface area contributed by atoms with Crippen molar-refractivity contribution < 1.29 is 4.52 Å². The molecule has 1 saturated heterocycles. The predicted octanol–water partition coefficient (Wildman–Crippen LogP) is 1.21. The number of piperidine rings is 1. The first-order valence-corrected chi connectivity index (χ1v) is 6.82. The number of hydrogen-bond acceptors (Lipinski definition) is 6. The molecule has 0 unspecified atom stereocenters. The van der Waals surface area contributed by atoms with Crippen LogP contribution in [0.2, 0.25) is 0 Å². The van der Waals surface area contributed by atoms with E-state index in [2.05, 4.69) is 32.7 Å². The van der Waals surface area contributed by atoms with Crippen molar-refractivity contribution in [2.75, 3.05) is 13.1 Å². The SMILES string of the molecule is CCCc1noc(-c2cn(C3CCNCC3)nn2)n1. The molecular formula is C12H18N6O. The van der Waals surface area contributed by atoms with E-state index < -0.39 is 0 Å². The number of hydrogen-bond donors (Lipinski definition) is 1. The van der Waals surface area contributed by atoms with E-state index in [-0.39, 0.29) is 0 Å². The molecule has 1 fully saturated rings. The van der Waals surface area contributed by atoms with Gasteiger partial charge in [0.15, 0.2) is 11.5 Å². The van der Waals surface area contributed by atoms with Crippen molar-refractivity contribution in [2.24, 2.45) is 0 Å². The summed E-state index contributed by atoms with van der Waals surface area (Å²) in [7, 11) is 0. The second-order valence-corrected chi connectivity index (χ2v) is 4.83. The minimum atomic E-state index is 0.417. The largest absolute Gasteiger partial charge is 0.332 e. The third-order valence-corrected chi connectivity index (χ3v) is 3.35. The first kappa shape index (κ1) is 12.3. The van der Waals surface area contributed by atoms with Gasteiger partial charge in [-0.05, 0) is 32.4 Å². The topological polar surface area (TPSA) is 81.7 Å². The van der Waals surface area contributed by atoms with Crippen molar-refractivity contribution in [2.45, 2.75) is 38.6 Å². The lowest BCUT2D eigenvalue weighted by Crippen LogP contribution is -2.29. The van der Waals surface area contributed by atoms with E-state index >= 15 is 0 Å². The molecular weight excluding hydrogens is 244 g/mol. The smallest absolute Gasteiger partial charge is 0.280 e. The number of nitrogens with zero attached hydrogens (tertiary/aromatic N) is 5. The zero-order valence-corrected chi connectivity index (χ0v) is 11.0. The molecule has 0 spiro atoms. The van der Waals surface area contributed by atoms with Crippen LogP contribution in [0.3, 0.4) is 0 Å². The first-order chi connectivity index (χ1) is 9.36. The van der Waals surface area contributed by atoms with Gasteiger partial charge in [-0.2, -0.15) is 4.98 Å². The zero-order valence-electron chi connectivity index (χ0n) is 11.0. The lowest BCUT2D eigenvalue weighted by molar-refractivity contribution is 0.337. The fourth-order valence-electron chi connectivity index (χ4n) is 2.31. The molecule has 7 nitrogen and oxygen atoms in total. The number of aromatic nitrogens is 5. The van der Waals surface area contributed by atoms with Crippen LogP contribution in [0.4, 0.5) is 0 Å². The summed E-state index contributed by atoms with van der Waals surface area (Å²) in [6.45, 7) is 4.14. The molecule has 0 aliphatic carbocycles. The molecule has 1 aliphatic heterocycles. The van der Waals surface area contributed by atoms with Crippen LogP contribution >= 0.6 is 0 Å². The second kappa shape index (κ2) is 5.48. The Labute approximate surface area is 111 Å². The van der Waals surface area contributed by atoms with Crippen molar-refractivity contribution in [1.29, 1.82) is 0 Å². The van der Waals surface area contributed by atoms with Crippen LogP contribution in [-0.4, -0.2) is 38.2 Å². The van der Waals surface area contributed by atoms with E-state index in [1.54, 1.807) is 0 Å². The van der Waals surface area contributed by atoms with Gasteiger partial charge in [-0.15, -0.1) is 5.10 Å².